The van der Waals surface area contributed by atoms with Crippen molar-refractivity contribution < 1.29 is 9.47 Å². The van der Waals surface area contributed by atoms with Crippen LogP contribution in [0.2, 0.25) is 0 Å². The molecule has 1 atom stereocenters. The van der Waals surface area contributed by atoms with Gasteiger partial charge in [0.25, 0.3) is 0 Å². The summed E-state index contributed by atoms with van der Waals surface area (Å²) >= 11 is 0. The van der Waals surface area contributed by atoms with Gasteiger partial charge in [-0.3, -0.25) is 0 Å². The summed E-state index contributed by atoms with van der Waals surface area (Å²) in [6.07, 6.45) is 0.151. The molecule has 3 heteroatoms. The fourth-order valence-electron chi connectivity index (χ4n) is 2.21. The maximum atomic E-state index is 6.37. The van der Waals surface area contributed by atoms with E-state index in [9.17, 15) is 0 Å². The smallest absolute Gasteiger partial charge is 0.120 e. The second kappa shape index (κ2) is 7.14. The molecule has 0 saturated carbocycles. The van der Waals surface area contributed by atoms with Gasteiger partial charge in [-0.2, -0.15) is 0 Å². The van der Waals surface area contributed by atoms with Crippen molar-refractivity contribution in [2.75, 3.05) is 6.61 Å². The number of hydrogen-bond donors (Lipinski definition) is 1. The zero-order valence-corrected chi connectivity index (χ0v) is 12.9. The lowest BCUT2D eigenvalue weighted by Gasteiger charge is -2.16. The first kappa shape index (κ1) is 15.4. The van der Waals surface area contributed by atoms with Gasteiger partial charge in [0.1, 0.15) is 11.5 Å². The second-order valence-electron chi connectivity index (χ2n) is 5.22. The van der Waals surface area contributed by atoms with E-state index in [1.165, 1.54) is 0 Å². The second-order valence-corrected chi connectivity index (χ2v) is 5.22. The first-order chi connectivity index (χ1) is 10.1. The van der Waals surface area contributed by atoms with Crippen LogP contribution in [0.3, 0.4) is 0 Å². The Balaban J connectivity index is 2.22. The van der Waals surface area contributed by atoms with Crippen LogP contribution in [0.5, 0.6) is 11.5 Å². The monoisotopic (exact) mass is 285 g/mol. The van der Waals surface area contributed by atoms with Crippen molar-refractivity contribution in [2.45, 2.75) is 32.9 Å². The van der Waals surface area contributed by atoms with Crippen LogP contribution in [-0.2, 0) is 0 Å². The third kappa shape index (κ3) is 4.23. The maximum Gasteiger partial charge on any atom is 0.120 e. The van der Waals surface area contributed by atoms with Gasteiger partial charge < -0.3 is 15.2 Å². The molecule has 3 nitrogen and oxygen atoms in total. The molecule has 2 aromatic rings. The summed E-state index contributed by atoms with van der Waals surface area (Å²) in [4.78, 5) is 0. The fourth-order valence-corrected chi connectivity index (χ4v) is 2.21. The summed E-state index contributed by atoms with van der Waals surface area (Å²) in [7, 11) is 0. The van der Waals surface area contributed by atoms with Gasteiger partial charge in [0.05, 0.1) is 18.8 Å². The molecule has 0 saturated heterocycles. The number of nitrogens with two attached hydrogens (primary N) is 1. The molecule has 0 amide bonds. The number of rotatable bonds is 6. The molecule has 1 unspecified atom stereocenters. The summed E-state index contributed by atoms with van der Waals surface area (Å²) in [6, 6.07) is 15.7. The van der Waals surface area contributed by atoms with Gasteiger partial charge in [-0.15, -0.1) is 0 Å². The van der Waals surface area contributed by atoms with E-state index >= 15 is 0 Å². The molecule has 2 N–H and O–H groups in total. The molecule has 0 aliphatic rings. The number of ether oxygens (including phenoxy) is 2. The molecule has 0 spiro atoms. The van der Waals surface area contributed by atoms with Gasteiger partial charge in [0, 0.05) is 0 Å². The highest BCUT2D eigenvalue weighted by Crippen LogP contribution is 2.26. The molecule has 21 heavy (non-hydrogen) atoms. The zero-order chi connectivity index (χ0) is 15.2. The van der Waals surface area contributed by atoms with E-state index in [0.29, 0.717) is 6.61 Å². The van der Waals surface area contributed by atoms with Crippen LogP contribution in [0.25, 0.3) is 0 Å². The van der Waals surface area contributed by atoms with Gasteiger partial charge in [-0.05, 0) is 56.2 Å². The minimum absolute atomic E-state index is 0.151. The standard InChI is InChI=1S/C18H23NO2/c1-4-20-16-9-5-7-14(11-16)18(19)15-8-6-10-17(12-15)21-13(2)3/h5-13,18H,4,19H2,1-3H3. The van der Waals surface area contributed by atoms with Crippen LogP contribution in [0.15, 0.2) is 48.5 Å². The highest BCUT2D eigenvalue weighted by atomic mass is 16.5. The van der Waals surface area contributed by atoms with E-state index in [4.69, 9.17) is 15.2 Å². The van der Waals surface area contributed by atoms with Crippen molar-refractivity contribution in [2.24, 2.45) is 5.73 Å². The highest BCUT2D eigenvalue weighted by molar-refractivity contribution is 5.39. The summed E-state index contributed by atoms with van der Waals surface area (Å²) in [5.41, 5.74) is 8.43. The van der Waals surface area contributed by atoms with Crippen molar-refractivity contribution in [1.82, 2.24) is 0 Å². The molecule has 0 aromatic heterocycles. The average molecular weight is 285 g/mol. The summed E-state index contributed by atoms with van der Waals surface area (Å²) < 4.78 is 11.3. The summed E-state index contributed by atoms with van der Waals surface area (Å²) in [6.45, 7) is 6.64. The lowest BCUT2D eigenvalue weighted by molar-refractivity contribution is 0.242. The first-order valence-corrected chi connectivity index (χ1v) is 7.35. The summed E-state index contributed by atoms with van der Waals surface area (Å²) in [5, 5.41) is 0. The molecule has 0 bridgehead atoms. The van der Waals surface area contributed by atoms with Crippen LogP contribution < -0.4 is 15.2 Å². The van der Waals surface area contributed by atoms with Crippen molar-refractivity contribution in [3.8, 4) is 11.5 Å². The Morgan fingerprint density at radius 3 is 2.10 bits per heavy atom. The largest absolute Gasteiger partial charge is 0.494 e. The average Bonchev–Trinajstić information content (AvgIpc) is 2.47. The highest BCUT2D eigenvalue weighted by Gasteiger charge is 2.11. The van der Waals surface area contributed by atoms with E-state index in [0.717, 1.165) is 22.6 Å². The Hall–Kier alpha value is -2.00. The van der Waals surface area contributed by atoms with E-state index in [1.807, 2.05) is 69.3 Å². The SMILES string of the molecule is CCOc1cccc(C(N)c2cccc(OC(C)C)c2)c1. The fraction of sp³-hybridized carbons (Fsp3) is 0.333. The van der Waals surface area contributed by atoms with Crippen LogP contribution >= 0.6 is 0 Å². The maximum absolute atomic E-state index is 6.37. The quantitative estimate of drug-likeness (QED) is 0.875. The predicted octanol–water partition coefficient (Wildman–Crippen LogP) is 3.92. The van der Waals surface area contributed by atoms with E-state index < -0.39 is 0 Å². The van der Waals surface area contributed by atoms with Crippen LogP contribution in [0.1, 0.15) is 37.9 Å². The Morgan fingerprint density at radius 1 is 0.952 bits per heavy atom. The topological polar surface area (TPSA) is 44.5 Å². The minimum atomic E-state index is -0.193. The zero-order valence-electron chi connectivity index (χ0n) is 12.9. The molecule has 112 valence electrons. The Morgan fingerprint density at radius 2 is 1.52 bits per heavy atom. The van der Waals surface area contributed by atoms with Gasteiger partial charge in [-0.1, -0.05) is 24.3 Å². The van der Waals surface area contributed by atoms with Crippen molar-refractivity contribution in [3.63, 3.8) is 0 Å². The van der Waals surface area contributed by atoms with Crippen molar-refractivity contribution in [1.29, 1.82) is 0 Å². The molecule has 0 fully saturated rings. The first-order valence-electron chi connectivity index (χ1n) is 7.35. The Bertz CT molecular complexity index is 581. The van der Waals surface area contributed by atoms with Gasteiger partial charge in [-0.25, -0.2) is 0 Å². The van der Waals surface area contributed by atoms with Crippen LogP contribution in [0.4, 0.5) is 0 Å². The van der Waals surface area contributed by atoms with Gasteiger partial charge >= 0.3 is 0 Å². The Labute approximate surface area is 126 Å². The predicted molar refractivity (Wildman–Crippen MR) is 85.8 cm³/mol. The van der Waals surface area contributed by atoms with Crippen molar-refractivity contribution in [3.05, 3.63) is 59.7 Å². The van der Waals surface area contributed by atoms with Gasteiger partial charge in [0.2, 0.25) is 0 Å². The third-order valence-corrected chi connectivity index (χ3v) is 3.12. The van der Waals surface area contributed by atoms with Crippen LogP contribution in [0, 0.1) is 0 Å². The summed E-state index contributed by atoms with van der Waals surface area (Å²) in [5.74, 6) is 1.69. The van der Waals surface area contributed by atoms with Gasteiger partial charge in [0.15, 0.2) is 0 Å². The molecule has 0 heterocycles. The molecule has 2 aromatic carbocycles. The normalized spacial score (nSPS) is 12.2. The lowest BCUT2D eigenvalue weighted by atomic mass is 9.99. The minimum Gasteiger partial charge on any atom is -0.494 e. The van der Waals surface area contributed by atoms with Crippen molar-refractivity contribution >= 4 is 0 Å². The molecular weight excluding hydrogens is 262 g/mol. The molecule has 2 rings (SSSR count). The van der Waals surface area contributed by atoms with Crippen LogP contribution in [-0.4, -0.2) is 12.7 Å². The molecule has 0 aliphatic heterocycles. The van der Waals surface area contributed by atoms with E-state index in [2.05, 4.69) is 0 Å². The van der Waals surface area contributed by atoms with E-state index in [-0.39, 0.29) is 12.1 Å². The lowest BCUT2D eigenvalue weighted by Crippen LogP contribution is -2.13. The molecule has 0 radical (unpaired) electrons. The molecule has 0 aliphatic carbocycles. The molecular formula is C18H23NO2. The Kier molecular flexibility index (Phi) is 5.23. The third-order valence-electron chi connectivity index (χ3n) is 3.12. The number of hydrogen-bond acceptors (Lipinski definition) is 3. The number of benzene rings is 2. The van der Waals surface area contributed by atoms with E-state index in [1.54, 1.807) is 0 Å².